The van der Waals surface area contributed by atoms with E-state index in [1.807, 2.05) is 0 Å². The number of nitrogens with zero attached hydrogens (tertiary/aromatic N) is 3. The van der Waals surface area contributed by atoms with E-state index in [0.29, 0.717) is 38.9 Å². The normalized spacial score (nSPS) is 19.8. The lowest BCUT2D eigenvalue weighted by atomic mass is 9.81. The van der Waals surface area contributed by atoms with Gasteiger partial charge in [0, 0.05) is 28.6 Å². The second-order valence-electron chi connectivity index (χ2n) is 6.37. The van der Waals surface area contributed by atoms with Crippen LogP contribution < -0.4 is 10.5 Å². The number of amidine groups is 1. The number of nitrogens with two attached hydrogens (primary N) is 1. The van der Waals surface area contributed by atoms with Crippen molar-refractivity contribution in [3.8, 4) is 22.6 Å². The van der Waals surface area contributed by atoms with Crippen molar-refractivity contribution in [3.63, 3.8) is 0 Å². The second kappa shape index (κ2) is 6.15. The molecule has 1 spiro atoms. The predicted molar refractivity (Wildman–Crippen MR) is 104 cm³/mol. The van der Waals surface area contributed by atoms with Crippen molar-refractivity contribution in [2.24, 2.45) is 10.7 Å². The third-order valence-electron chi connectivity index (χ3n) is 4.78. The van der Waals surface area contributed by atoms with E-state index < -0.39 is 17.4 Å². The molecule has 0 amide bonds. The maximum absolute atomic E-state index is 14.5. The van der Waals surface area contributed by atoms with E-state index in [9.17, 15) is 8.78 Å². The first-order valence-corrected chi connectivity index (χ1v) is 9.62. The molecule has 5 rings (SSSR count). The van der Waals surface area contributed by atoms with Gasteiger partial charge in [0.05, 0.1) is 0 Å². The van der Waals surface area contributed by atoms with Gasteiger partial charge in [-0.15, -0.1) is 0 Å². The Hall–Kier alpha value is -2.71. The highest BCUT2D eigenvalue weighted by Gasteiger charge is 2.47. The van der Waals surface area contributed by atoms with E-state index >= 15 is 0 Å². The highest BCUT2D eigenvalue weighted by Crippen LogP contribution is 2.54. The number of pyridine rings is 2. The first kappa shape index (κ1) is 17.4. The lowest BCUT2D eigenvalue weighted by Gasteiger charge is -2.34. The summed E-state index contributed by atoms with van der Waals surface area (Å²) in [6, 6.07) is 9.94. The number of hydrogen-bond donors (Lipinski definition) is 1. The Labute approximate surface area is 167 Å². The summed E-state index contributed by atoms with van der Waals surface area (Å²) in [5.41, 5.74) is 6.99. The number of aliphatic imine (C=N–C) groups is 1. The van der Waals surface area contributed by atoms with Crippen LogP contribution in [0.4, 0.5) is 8.78 Å². The molecule has 5 nitrogen and oxygen atoms in total. The van der Waals surface area contributed by atoms with Crippen LogP contribution in [-0.4, -0.2) is 20.9 Å². The molecule has 0 saturated carbocycles. The fraction of sp³-hybridized carbons (Fsp3) is 0.105. The molecule has 2 aliphatic heterocycles. The number of benzene rings is 1. The molecule has 3 aromatic rings. The van der Waals surface area contributed by atoms with Gasteiger partial charge in [-0.2, -0.15) is 8.78 Å². The van der Waals surface area contributed by atoms with E-state index in [0.717, 1.165) is 0 Å². The summed E-state index contributed by atoms with van der Waals surface area (Å²) in [5.74, 6) is -0.601. The van der Waals surface area contributed by atoms with Crippen molar-refractivity contribution in [1.82, 2.24) is 9.97 Å². The summed E-state index contributed by atoms with van der Waals surface area (Å²) < 4.78 is 34.5. The summed E-state index contributed by atoms with van der Waals surface area (Å²) in [5, 5.41) is 0.355. The molecule has 1 atom stereocenters. The van der Waals surface area contributed by atoms with Crippen molar-refractivity contribution >= 4 is 28.5 Å². The van der Waals surface area contributed by atoms with E-state index in [4.69, 9.17) is 22.1 Å². The van der Waals surface area contributed by atoms with Gasteiger partial charge >= 0.3 is 0 Å². The third kappa shape index (κ3) is 2.48. The summed E-state index contributed by atoms with van der Waals surface area (Å²) >= 11 is 7.35. The number of rotatable bonds is 1. The summed E-state index contributed by atoms with van der Waals surface area (Å²) in [7, 11) is 0. The van der Waals surface area contributed by atoms with Gasteiger partial charge in [-0.05, 0) is 35.9 Å². The smallest absolute Gasteiger partial charge is 0.257 e. The summed E-state index contributed by atoms with van der Waals surface area (Å²) in [6.07, 6.45) is 1.38. The van der Waals surface area contributed by atoms with Gasteiger partial charge in [0.2, 0.25) is 5.95 Å². The Morgan fingerprint density at radius 1 is 1.14 bits per heavy atom. The van der Waals surface area contributed by atoms with Gasteiger partial charge in [-0.25, -0.2) is 15.0 Å². The Morgan fingerprint density at radius 2 is 2.00 bits per heavy atom. The van der Waals surface area contributed by atoms with Crippen molar-refractivity contribution < 1.29 is 13.5 Å². The molecule has 0 unspecified atom stereocenters. The fourth-order valence-corrected chi connectivity index (χ4v) is 4.69. The molecule has 1 aromatic carbocycles. The molecular formula is C19H11ClF2N4OS. The van der Waals surface area contributed by atoms with Crippen molar-refractivity contribution in [2.45, 2.75) is 5.54 Å². The van der Waals surface area contributed by atoms with Gasteiger partial charge < -0.3 is 10.5 Å². The van der Waals surface area contributed by atoms with E-state index in [2.05, 4.69) is 15.0 Å². The Bertz CT molecular complexity index is 1170. The number of hydrogen-bond acceptors (Lipinski definition) is 6. The van der Waals surface area contributed by atoms with Crippen LogP contribution in [0.1, 0.15) is 11.1 Å². The molecule has 140 valence electrons. The molecule has 2 aliphatic rings. The van der Waals surface area contributed by atoms with Crippen molar-refractivity contribution in [3.05, 3.63) is 70.8 Å². The number of aromatic nitrogens is 2. The van der Waals surface area contributed by atoms with Gasteiger partial charge in [0.25, 0.3) is 5.95 Å². The summed E-state index contributed by atoms with van der Waals surface area (Å²) in [6.45, 7) is 0. The van der Waals surface area contributed by atoms with Gasteiger partial charge in [0.1, 0.15) is 16.4 Å². The maximum atomic E-state index is 14.5. The predicted octanol–water partition coefficient (Wildman–Crippen LogP) is 4.49. The monoisotopic (exact) mass is 416 g/mol. The van der Waals surface area contributed by atoms with Gasteiger partial charge in [0.15, 0.2) is 10.9 Å². The highest BCUT2D eigenvalue weighted by atomic mass is 35.5. The quantitative estimate of drug-likeness (QED) is 0.592. The van der Waals surface area contributed by atoms with E-state index in [1.54, 1.807) is 30.3 Å². The van der Waals surface area contributed by atoms with Crippen LogP contribution in [0.15, 0.2) is 47.6 Å². The zero-order chi connectivity index (χ0) is 19.5. The molecular weight excluding hydrogens is 406 g/mol. The van der Waals surface area contributed by atoms with Crippen LogP contribution in [0, 0.1) is 11.9 Å². The number of fused-ring (bicyclic) bond motifs is 4. The molecule has 2 N–H and O–H groups in total. The van der Waals surface area contributed by atoms with Crippen LogP contribution in [0.25, 0.3) is 11.1 Å². The molecule has 0 bridgehead atoms. The summed E-state index contributed by atoms with van der Waals surface area (Å²) in [4.78, 5) is 12.0. The molecule has 2 aromatic heterocycles. The van der Waals surface area contributed by atoms with Crippen LogP contribution in [0.5, 0.6) is 11.5 Å². The first-order chi connectivity index (χ1) is 13.5. The number of halogens is 3. The van der Waals surface area contributed by atoms with Crippen LogP contribution >= 0.6 is 23.4 Å². The number of thioether (sulfide) groups is 1. The number of ether oxygens (including phenoxy) is 1. The second-order valence-corrected chi connectivity index (χ2v) is 7.75. The van der Waals surface area contributed by atoms with E-state index in [1.165, 1.54) is 24.0 Å². The van der Waals surface area contributed by atoms with Crippen molar-refractivity contribution in [2.75, 3.05) is 5.75 Å². The standard InChI is InChI=1S/C19H11ClF2N4OS/c20-14-7-12-15(17(22)25-14)27-13-4-3-9(10-2-1-5-24-16(10)21)6-11(13)19(12)8-28-18(23)26-19/h1-7H,8H2,(H2,23,26)/t19-/m0/s1. The Balaban J connectivity index is 1.78. The largest absolute Gasteiger partial charge is 0.452 e. The van der Waals surface area contributed by atoms with Gasteiger partial charge in [-0.1, -0.05) is 29.4 Å². The Kier molecular flexibility index (Phi) is 3.82. The highest BCUT2D eigenvalue weighted by molar-refractivity contribution is 8.14. The van der Waals surface area contributed by atoms with Crippen LogP contribution in [-0.2, 0) is 5.54 Å². The zero-order valence-electron chi connectivity index (χ0n) is 14.1. The zero-order valence-corrected chi connectivity index (χ0v) is 15.7. The Morgan fingerprint density at radius 3 is 2.75 bits per heavy atom. The molecule has 0 aliphatic carbocycles. The minimum Gasteiger partial charge on any atom is -0.452 e. The maximum Gasteiger partial charge on any atom is 0.257 e. The average Bonchev–Trinajstić information content (AvgIpc) is 3.06. The lowest BCUT2D eigenvalue weighted by molar-refractivity contribution is 0.379. The third-order valence-corrected chi connectivity index (χ3v) is 5.93. The van der Waals surface area contributed by atoms with Crippen molar-refractivity contribution in [1.29, 1.82) is 0 Å². The minimum atomic E-state index is -1.00. The molecule has 0 fully saturated rings. The SMILES string of the molecule is NC1=N[C@@]2(CS1)c1cc(-c3cccnc3F)ccc1Oc1c2cc(Cl)nc1F. The van der Waals surface area contributed by atoms with Crippen LogP contribution in [0.2, 0.25) is 5.15 Å². The topological polar surface area (TPSA) is 73.4 Å². The molecule has 9 heteroatoms. The molecule has 4 heterocycles. The fourth-order valence-electron chi connectivity index (χ4n) is 3.55. The van der Waals surface area contributed by atoms with Gasteiger partial charge in [-0.3, -0.25) is 0 Å². The average molecular weight is 417 g/mol. The molecule has 28 heavy (non-hydrogen) atoms. The molecule has 0 radical (unpaired) electrons. The lowest BCUT2D eigenvalue weighted by Crippen LogP contribution is -2.31. The van der Waals surface area contributed by atoms with E-state index in [-0.39, 0.29) is 10.9 Å². The van der Waals surface area contributed by atoms with Crippen LogP contribution in [0.3, 0.4) is 0 Å². The molecule has 0 saturated heterocycles. The first-order valence-electron chi connectivity index (χ1n) is 8.26. The minimum absolute atomic E-state index is 0.0113.